The Morgan fingerprint density at radius 2 is 2.12 bits per heavy atom. The lowest BCUT2D eigenvalue weighted by molar-refractivity contribution is 0.331. The molecule has 0 aromatic heterocycles. The topological polar surface area (TPSA) is 38.5 Å². The van der Waals surface area contributed by atoms with Gasteiger partial charge in [0.05, 0.1) is 12.7 Å². The number of hydrogen-bond acceptors (Lipinski definition) is 3. The Morgan fingerprint density at radius 1 is 1.41 bits per heavy atom. The van der Waals surface area contributed by atoms with Gasteiger partial charge in [-0.3, -0.25) is 4.90 Å². The first kappa shape index (κ1) is 12.3. The largest absolute Gasteiger partial charge is 0.496 e. The first-order valence-corrected chi connectivity index (χ1v) is 6.30. The standard InChI is InChI=1S/C13H18N2OS/c1-16-12-5-4-10(8-11(12)13(14)17)9-15-6-2-3-7-15/h4-5,8H,2-3,6-7,9H2,1H3,(H2,14,17). The third-order valence-electron chi connectivity index (χ3n) is 3.13. The predicted molar refractivity (Wildman–Crippen MR) is 73.4 cm³/mol. The van der Waals surface area contributed by atoms with E-state index in [0.717, 1.165) is 17.9 Å². The second-order valence-corrected chi connectivity index (χ2v) is 4.82. The second-order valence-electron chi connectivity index (χ2n) is 4.38. The molecule has 92 valence electrons. The van der Waals surface area contributed by atoms with Gasteiger partial charge in [-0.25, -0.2) is 0 Å². The maximum Gasteiger partial charge on any atom is 0.129 e. The molecule has 1 fully saturated rings. The predicted octanol–water partition coefficient (Wildman–Crippen LogP) is 1.93. The van der Waals surface area contributed by atoms with Gasteiger partial charge in [-0.15, -0.1) is 0 Å². The summed E-state index contributed by atoms with van der Waals surface area (Å²) in [4.78, 5) is 2.84. The molecule has 1 saturated heterocycles. The molecule has 2 rings (SSSR count). The van der Waals surface area contributed by atoms with Crippen LogP contribution in [0, 0.1) is 0 Å². The molecule has 1 aliphatic rings. The first-order chi connectivity index (χ1) is 8.20. The van der Waals surface area contributed by atoms with Crippen molar-refractivity contribution in [1.82, 2.24) is 4.90 Å². The van der Waals surface area contributed by atoms with E-state index in [-0.39, 0.29) is 0 Å². The summed E-state index contributed by atoms with van der Waals surface area (Å²) in [5.41, 5.74) is 7.78. The van der Waals surface area contributed by atoms with Crippen LogP contribution in [0.1, 0.15) is 24.0 Å². The van der Waals surface area contributed by atoms with Crippen molar-refractivity contribution in [3.8, 4) is 5.75 Å². The summed E-state index contributed by atoms with van der Waals surface area (Å²) >= 11 is 5.04. The Labute approximate surface area is 108 Å². The quantitative estimate of drug-likeness (QED) is 0.829. The SMILES string of the molecule is COc1ccc(CN2CCCC2)cc1C(N)=S. The van der Waals surface area contributed by atoms with Gasteiger partial charge in [0.15, 0.2) is 0 Å². The molecule has 2 N–H and O–H groups in total. The van der Waals surface area contributed by atoms with Crippen LogP contribution in [0.5, 0.6) is 5.75 Å². The minimum atomic E-state index is 0.394. The molecule has 1 heterocycles. The van der Waals surface area contributed by atoms with Gasteiger partial charge in [-0.1, -0.05) is 18.3 Å². The summed E-state index contributed by atoms with van der Waals surface area (Å²) < 4.78 is 5.25. The molecule has 0 saturated carbocycles. The van der Waals surface area contributed by atoms with E-state index in [4.69, 9.17) is 22.7 Å². The molecule has 17 heavy (non-hydrogen) atoms. The molecule has 4 heteroatoms. The first-order valence-electron chi connectivity index (χ1n) is 5.90. The van der Waals surface area contributed by atoms with E-state index >= 15 is 0 Å². The van der Waals surface area contributed by atoms with Gasteiger partial charge in [-0.05, 0) is 43.6 Å². The van der Waals surface area contributed by atoms with Gasteiger partial charge in [0.1, 0.15) is 10.7 Å². The van der Waals surface area contributed by atoms with E-state index in [1.54, 1.807) is 7.11 Å². The van der Waals surface area contributed by atoms with Crippen LogP contribution in [0.2, 0.25) is 0 Å². The van der Waals surface area contributed by atoms with Crippen molar-refractivity contribution < 1.29 is 4.74 Å². The van der Waals surface area contributed by atoms with E-state index in [0.29, 0.717) is 4.99 Å². The monoisotopic (exact) mass is 250 g/mol. The zero-order valence-corrected chi connectivity index (χ0v) is 10.9. The van der Waals surface area contributed by atoms with Crippen LogP contribution in [0.3, 0.4) is 0 Å². The lowest BCUT2D eigenvalue weighted by Crippen LogP contribution is -2.19. The lowest BCUT2D eigenvalue weighted by atomic mass is 10.1. The number of nitrogens with zero attached hydrogens (tertiary/aromatic N) is 1. The summed E-state index contributed by atoms with van der Waals surface area (Å²) in [6.07, 6.45) is 2.61. The third kappa shape index (κ3) is 2.96. The highest BCUT2D eigenvalue weighted by molar-refractivity contribution is 7.80. The number of ether oxygens (including phenoxy) is 1. The number of nitrogens with two attached hydrogens (primary N) is 1. The molecule has 1 aromatic carbocycles. The number of hydrogen-bond donors (Lipinski definition) is 1. The summed E-state index contributed by atoms with van der Waals surface area (Å²) in [5.74, 6) is 0.752. The highest BCUT2D eigenvalue weighted by Crippen LogP contribution is 2.21. The Balaban J connectivity index is 2.17. The minimum Gasteiger partial charge on any atom is -0.496 e. The van der Waals surface area contributed by atoms with Crippen molar-refractivity contribution in [2.75, 3.05) is 20.2 Å². The highest BCUT2D eigenvalue weighted by Gasteiger charge is 2.13. The summed E-state index contributed by atoms with van der Waals surface area (Å²) in [5, 5.41) is 0. The van der Waals surface area contributed by atoms with Crippen molar-refractivity contribution in [3.05, 3.63) is 29.3 Å². The van der Waals surface area contributed by atoms with Crippen LogP contribution >= 0.6 is 12.2 Å². The summed E-state index contributed by atoms with van der Waals surface area (Å²) in [6.45, 7) is 3.35. The molecule has 0 amide bonds. The van der Waals surface area contributed by atoms with Crippen LogP contribution in [-0.4, -0.2) is 30.1 Å². The van der Waals surface area contributed by atoms with Crippen LogP contribution in [0.4, 0.5) is 0 Å². The van der Waals surface area contributed by atoms with Crippen LogP contribution in [0.15, 0.2) is 18.2 Å². The van der Waals surface area contributed by atoms with Crippen molar-refractivity contribution in [2.24, 2.45) is 5.73 Å². The zero-order chi connectivity index (χ0) is 12.3. The van der Waals surface area contributed by atoms with Crippen molar-refractivity contribution >= 4 is 17.2 Å². The van der Waals surface area contributed by atoms with Gasteiger partial charge in [-0.2, -0.15) is 0 Å². The maximum absolute atomic E-state index is 5.71. The molecular formula is C13H18N2OS. The Morgan fingerprint density at radius 3 is 2.71 bits per heavy atom. The van der Waals surface area contributed by atoms with E-state index < -0.39 is 0 Å². The molecule has 1 aliphatic heterocycles. The minimum absolute atomic E-state index is 0.394. The van der Waals surface area contributed by atoms with Crippen LogP contribution in [0.25, 0.3) is 0 Å². The van der Waals surface area contributed by atoms with Gasteiger partial charge in [0.25, 0.3) is 0 Å². The lowest BCUT2D eigenvalue weighted by Gasteiger charge is -2.16. The van der Waals surface area contributed by atoms with Gasteiger partial charge >= 0.3 is 0 Å². The molecule has 0 spiro atoms. The number of rotatable bonds is 4. The van der Waals surface area contributed by atoms with E-state index in [2.05, 4.69) is 11.0 Å². The second kappa shape index (κ2) is 5.47. The molecule has 0 atom stereocenters. The fourth-order valence-electron chi connectivity index (χ4n) is 2.24. The smallest absolute Gasteiger partial charge is 0.129 e. The van der Waals surface area contributed by atoms with Crippen molar-refractivity contribution in [2.45, 2.75) is 19.4 Å². The Hall–Kier alpha value is -1.13. The maximum atomic E-state index is 5.71. The van der Waals surface area contributed by atoms with Crippen LogP contribution in [-0.2, 0) is 6.54 Å². The van der Waals surface area contributed by atoms with Crippen molar-refractivity contribution in [1.29, 1.82) is 0 Å². The summed E-state index contributed by atoms with van der Waals surface area (Å²) in [7, 11) is 1.64. The van der Waals surface area contributed by atoms with Gasteiger partial charge in [0.2, 0.25) is 0 Å². The normalized spacial score (nSPS) is 16.1. The van der Waals surface area contributed by atoms with Crippen molar-refractivity contribution in [3.63, 3.8) is 0 Å². The number of methoxy groups -OCH3 is 1. The van der Waals surface area contributed by atoms with Gasteiger partial charge < -0.3 is 10.5 Å². The fraction of sp³-hybridized carbons (Fsp3) is 0.462. The van der Waals surface area contributed by atoms with Crippen LogP contribution < -0.4 is 10.5 Å². The Bertz CT molecular complexity index is 414. The molecule has 0 radical (unpaired) electrons. The average Bonchev–Trinajstić information content (AvgIpc) is 2.81. The fourth-order valence-corrected chi connectivity index (χ4v) is 2.40. The third-order valence-corrected chi connectivity index (χ3v) is 3.35. The molecular weight excluding hydrogens is 232 g/mol. The summed E-state index contributed by atoms with van der Waals surface area (Å²) in [6, 6.07) is 6.07. The van der Waals surface area contributed by atoms with E-state index in [1.807, 2.05) is 12.1 Å². The molecule has 0 unspecified atom stereocenters. The number of benzene rings is 1. The molecule has 1 aromatic rings. The zero-order valence-electron chi connectivity index (χ0n) is 10.1. The van der Waals surface area contributed by atoms with E-state index in [1.165, 1.54) is 31.5 Å². The molecule has 0 bridgehead atoms. The number of likely N-dealkylation sites (tertiary alicyclic amines) is 1. The number of thiocarbonyl (C=S) groups is 1. The Kier molecular flexibility index (Phi) is 3.97. The van der Waals surface area contributed by atoms with E-state index in [9.17, 15) is 0 Å². The van der Waals surface area contributed by atoms with Gasteiger partial charge in [0, 0.05) is 6.54 Å². The average molecular weight is 250 g/mol. The highest BCUT2D eigenvalue weighted by atomic mass is 32.1. The molecule has 0 aliphatic carbocycles. The molecule has 3 nitrogen and oxygen atoms in total.